The van der Waals surface area contributed by atoms with Gasteiger partial charge in [-0.3, -0.25) is 14.9 Å². The maximum absolute atomic E-state index is 12.1. The number of thioether (sulfide) groups is 1. The molecule has 1 aliphatic heterocycles. The zero-order valence-corrected chi connectivity index (χ0v) is 15.8. The Morgan fingerprint density at radius 1 is 1.16 bits per heavy atom. The summed E-state index contributed by atoms with van der Waals surface area (Å²) < 4.78 is 0.664. The minimum absolute atomic E-state index is 0.131. The molecule has 0 bridgehead atoms. The van der Waals surface area contributed by atoms with Gasteiger partial charge < -0.3 is 4.90 Å². The van der Waals surface area contributed by atoms with Gasteiger partial charge in [0.2, 0.25) is 11.0 Å². The first-order valence-electron chi connectivity index (χ1n) is 7.93. The van der Waals surface area contributed by atoms with Crippen LogP contribution < -0.4 is 5.32 Å². The van der Waals surface area contributed by atoms with Crippen molar-refractivity contribution in [3.63, 3.8) is 0 Å². The average molecular weight is 397 g/mol. The highest BCUT2D eigenvalue weighted by atomic mass is 35.5. The molecule has 2 heterocycles. The first-order chi connectivity index (χ1) is 12.1. The summed E-state index contributed by atoms with van der Waals surface area (Å²) >= 11 is 8.42. The fraction of sp³-hybridized carbons (Fsp3) is 0.375. The second kappa shape index (κ2) is 8.64. The van der Waals surface area contributed by atoms with Gasteiger partial charge in [0.15, 0.2) is 4.34 Å². The molecule has 0 atom stereocenters. The van der Waals surface area contributed by atoms with Crippen molar-refractivity contribution < 1.29 is 9.59 Å². The van der Waals surface area contributed by atoms with Crippen LogP contribution in [0.1, 0.15) is 29.6 Å². The highest BCUT2D eigenvalue weighted by molar-refractivity contribution is 8.01. The van der Waals surface area contributed by atoms with E-state index >= 15 is 0 Å². The summed E-state index contributed by atoms with van der Waals surface area (Å²) in [6, 6.07) is 6.60. The number of amides is 2. The fourth-order valence-corrected chi connectivity index (χ4v) is 4.22. The van der Waals surface area contributed by atoms with E-state index in [9.17, 15) is 9.59 Å². The first kappa shape index (κ1) is 18.2. The minimum Gasteiger partial charge on any atom is -0.342 e. The minimum atomic E-state index is -0.270. The van der Waals surface area contributed by atoms with E-state index in [1.807, 2.05) is 4.90 Å². The summed E-state index contributed by atoms with van der Waals surface area (Å²) in [4.78, 5) is 26.2. The molecule has 3 rings (SSSR count). The second-order valence-corrected chi connectivity index (χ2v) is 8.20. The molecule has 1 aromatic carbocycles. The maximum atomic E-state index is 12.1. The number of nitrogens with zero attached hydrogens (tertiary/aromatic N) is 3. The third-order valence-electron chi connectivity index (χ3n) is 3.76. The number of hydrogen-bond acceptors (Lipinski definition) is 6. The van der Waals surface area contributed by atoms with Crippen molar-refractivity contribution in [2.75, 3.05) is 24.2 Å². The Morgan fingerprint density at radius 3 is 2.60 bits per heavy atom. The van der Waals surface area contributed by atoms with Gasteiger partial charge in [0.05, 0.1) is 5.75 Å². The molecule has 0 radical (unpaired) electrons. The van der Waals surface area contributed by atoms with E-state index in [1.165, 1.54) is 29.5 Å². The Labute approximate surface area is 159 Å². The van der Waals surface area contributed by atoms with Gasteiger partial charge in [0.1, 0.15) is 0 Å². The van der Waals surface area contributed by atoms with E-state index in [4.69, 9.17) is 11.6 Å². The van der Waals surface area contributed by atoms with Crippen LogP contribution in [0, 0.1) is 0 Å². The molecule has 0 aliphatic carbocycles. The highest BCUT2D eigenvalue weighted by Crippen LogP contribution is 2.26. The number of halogens is 1. The lowest BCUT2D eigenvalue weighted by atomic mass is 10.1. The van der Waals surface area contributed by atoms with Gasteiger partial charge >= 0.3 is 0 Å². The van der Waals surface area contributed by atoms with Crippen LogP contribution in [-0.2, 0) is 4.79 Å². The first-order valence-corrected chi connectivity index (χ1v) is 10.1. The molecule has 0 unspecified atom stereocenters. The normalized spacial score (nSPS) is 14.4. The van der Waals surface area contributed by atoms with Crippen LogP contribution in [0.2, 0.25) is 5.02 Å². The van der Waals surface area contributed by atoms with Crippen molar-refractivity contribution in [3.8, 4) is 0 Å². The van der Waals surface area contributed by atoms with E-state index in [-0.39, 0.29) is 11.8 Å². The molecule has 1 aromatic heterocycles. The second-order valence-electron chi connectivity index (χ2n) is 5.56. The van der Waals surface area contributed by atoms with Crippen LogP contribution in [0.4, 0.5) is 5.13 Å². The van der Waals surface area contributed by atoms with Gasteiger partial charge in [-0.2, -0.15) is 0 Å². The summed E-state index contributed by atoms with van der Waals surface area (Å²) in [5.74, 6) is 0.208. The van der Waals surface area contributed by atoms with Crippen LogP contribution in [-0.4, -0.2) is 45.8 Å². The van der Waals surface area contributed by atoms with E-state index in [0.29, 0.717) is 25.8 Å². The highest BCUT2D eigenvalue weighted by Gasteiger charge is 2.17. The quantitative estimate of drug-likeness (QED) is 0.617. The summed E-state index contributed by atoms with van der Waals surface area (Å²) in [7, 11) is 0. The molecule has 6 nitrogen and oxygen atoms in total. The number of anilines is 1. The van der Waals surface area contributed by atoms with Crippen LogP contribution in [0.3, 0.4) is 0 Å². The van der Waals surface area contributed by atoms with Crippen molar-refractivity contribution in [1.82, 2.24) is 15.1 Å². The van der Waals surface area contributed by atoms with Gasteiger partial charge in [0.25, 0.3) is 5.91 Å². The SMILES string of the molecule is O=C(Nc1nnc(SCC(=O)N2CCCCC2)s1)c1ccc(Cl)cc1. The molecule has 1 fully saturated rings. The summed E-state index contributed by atoms with van der Waals surface area (Å²) in [5.41, 5.74) is 0.495. The zero-order valence-electron chi connectivity index (χ0n) is 13.4. The standard InChI is InChI=1S/C16H17ClN4O2S2/c17-12-6-4-11(5-7-12)14(23)18-15-19-20-16(25-15)24-10-13(22)21-8-2-1-3-9-21/h4-7H,1-3,8-10H2,(H,18,19,23). The predicted molar refractivity (Wildman–Crippen MR) is 100 cm³/mol. The molecule has 25 heavy (non-hydrogen) atoms. The van der Waals surface area contributed by atoms with Crippen LogP contribution in [0.5, 0.6) is 0 Å². The largest absolute Gasteiger partial charge is 0.342 e. The number of benzene rings is 1. The van der Waals surface area contributed by atoms with E-state index < -0.39 is 0 Å². The van der Waals surface area contributed by atoms with Crippen molar-refractivity contribution in [2.24, 2.45) is 0 Å². The lowest BCUT2D eigenvalue weighted by Gasteiger charge is -2.26. The van der Waals surface area contributed by atoms with Crippen LogP contribution in [0.25, 0.3) is 0 Å². The lowest BCUT2D eigenvalue weighted by molar-refractivity contribution is -0.129. The smallest absolute Gasteiger partial charge is 0.257 e. The van der Waals surface area contributed by atoms with Gasteiger partial charge in [-0.1, -0.05) is 34.7 Å². The lowest BCUT2D eigenvalue weighted by Crippen LogP contribution is -2.36. The number of aromatic nitrogens is 2. The summed E-state index contributed by atoms with van der Waals surface area (Å²) in [6.45, 7) is 1.69. The topological polar surface area (TPSA) is 75.2 Å². The van der Waals surface area contributed by atoms with Gasteiger partial charge in [0, 0.05) is 23.7 Å². The maximum Gasteiger partial charge on any atom is 0.257 e. The Balaban J connectivity index is 1.51. The van der Waals surface area contributed by atoms with Crippen molar-refractivity contribution in [3.05, 3.63) is 34.9 Å². The fourth-order valence-electron chi connectivity index (χ4n) is 2.45. The number of hydrogen-bond donors (Lipinski definition) is 1. The Morgan fingerprint density at radius 2 is 1.88 bits per heavy atom. The Bertz CT molecular complexity index is 745. The molecule has 0 spiro atoms. The molecule has 1 saturated heterocycles. The zero-order chi connectivity index (χ0) is 17.6. The Hall–Kier alpha value is -1.64. The third-order valence-corrected chi connectivity index (χ3v) is 5.97. The van der Waals surface area contributed by atoms with Crippen LogP contribution >= 0.6 is 34.7 Å². The molecule has 0 saturated carbocycles. The summed E-state index contributed by atoms with van der Waals surface area (Å²) in [6.07, 6.45) is 3.36. The Kier molecular flexibility index (Phi) is 6.28. The van der Waals surface area contributed by atoms with Crippen molar-refractivity contribution >= 4 is 51.6 Å². The van der Waals surface area contributed by atoms with Crippen LogP contribution in [0.15, 0.2) is 28.6 Å². The molecule has 2 amide bonds. The number of rotatable bonds is 5. The number of piperidine rings is 1. The predicted octanol–water partition coefficient (Wildman–Crippen LogP) is 3.55. The molecule has 1 N–H and O–H groups in total. The molecular weight excluding hydrogens is 380 g/mol. The van der Waals surface area contributed by atoms with E-state index in [2.05, 4.69) is 15.5 Å². The molecule has 2 aromatic rings. The van der Waals surface area contributed by atoms with Gasteiger partial charge in [-0.05, 0) is 43.5 Å². The van der Waals surface area contributed by atoms with Gasteiger partial charge in [-0.15, -0.1) is 10.2 Å². The van der Waals surface area contributed by atoms with Gasteiger partial charge in [-0.25, -0.2) is 0 Å². The summed E-state index contributed by atoms with van der Waals surface area (Å²) in [5, 5.41) is 11.7. The molecular formula is C16H17ClN4O2S2. The average Bonchev–Trinajstić information content (AvgIpc) is 3.08. The number of likely N-dealkylation sites (tertiary alicyclic amines) is 1. The van der Waals surface area contributed by atoms with Crippen molar-refractivity contribution in [2.45, 2.75) is 23.6 Å². The molecule has 9 heteroatoms. The molecule has 132 valence electrons. The van der Waals surface area contributed by atoms with E-state index in [0.717, 1.165) is 25.9 Å². The third kappa shape index (κ3) is 5.17. The number of carbonyl (C=O) groups is 2. The molecule has 1 aliphatic rings. The van der Waals surface area contributed by atoms with E-state index in [1.54, 1.807) is 24.3 Å². The number of carbonyl (C=O) groups excluding carboxylic acids is 2. The van der Waals surface area contributed by atoms with Crippen molar-refractivity contribution in [1.29, 1.82) is 0 Å². The number of nitrogens with one attached hydrogen (secondary N) is 1. The monoisotopic (exact) mass is 396 g/mol.